The standard InChI is InChI=1S/C22H20ClFN4O4/c1-27-7-9-28(10-8-27)22(32)13-3-2-4-16(19(13)29)26-18-17(20(30)21(18)31)25-15-6-5-12(24)11-14(15)23/h2-6,11,25-26,29H,7-10H2,1H3. The zero-order valence-electron chi connectivity index (χ0n) is 17.1. The fraction of sp³-hybridized carbons (Fsp3) is 0.227. The molecule has 1 saturated heterocycles. The Morgan fingerprint density at radius 2 is 1.62 bits per heavy atom. The summed E-state index contributed by atoms with van der Waals surface area (Å²) in [5, 5.41) is 16.2. The summed E-state index contributed by atoms with van der Waals surface area (Å²) in [4.78, 5) is 40.9. The predicted molar refractivity (Wildman–Crippen MR) is 121 cm³/mol. The number of rotatable bonds is 5. The van der Waals surface area contributed by atoms with Crippen LogP contribution >= 0.6 is 11.6 Å². The SMILES string of the molecule is CN1CCN(C(=O)c2cccc(Nc3c(Nc4ccc(F)cc4Cl)c(=O)c3=O)c2O)CC1. The van der Waals surface area contributed by atoms with Crippen molar-refractivity contribution < 1.29 is 14.3 Å². The van der Waals surface area contributed by atoms with E-state index >= 15 is 0 Å². The first-order chi connectivity index (χ1) is 15.3. The number of nitrogens with one attached hydrogen (secondary N) is 2. The summed E-state index contributed by atoms with van der Waals surface area (Å²) in [7, 11) is 1.97. The number of hydrogen-bond acceptors (Lipinski definition) is 7. The lowest BCUT2D eigenvalue weighted by Crippen LogP contribution is -2.47. The number of phenolic OH excluding ortho intramolecular Hbond substituents is 1. The Bertz CT molecular complexity index is 1260. The first kappa shape index (κ1) is 21.8. The minimum atomic E-state index is -0.791. The minimum Gasteiger partial charge on any atom is -0.505 e. The van der Waals surface area contributed by atoms with Crippen molar-refractivity contribution in [2.24, 2.45) is 0 Å². The van der Waals surface area contributed by atoms with Gasteiger partial charge in [0.2, 0.25) is 0 Å². The van der Waals surface area contributed by atoms with E-state index in [1.165, 1.54) is 18.2 Å². The van der Waals surface area contributed by atoms with Crippen LogP contribution in [0.2, 0.25) is 5.02 Å². The van der Waals surface area contributed by atoms with Crippen LogP contribution in [0.3, 0.4) is 0 Å². The lowest BCUT2D eigenvalue weighted by molar-refractivity contribution is 0.0661. The third kappa shape index (κ3) is 4.04. The molecule has 1 fully saturated rings. The lowest BCUT2D eigenvalue weighted by Gasteiger charge is -2.32. The van der Waals surface area contributed by atoms with Gasteiger partial charge in [-0.2, -0.15) is 0 Å². The Hall–Kier alpha value is -3.43. The van der Waals surface area contributed by atoms with Crippen LogP contribution in [0.15, 0.2) is 46.0 Å². The number of benzene rings is 2. The number of halogens is 2. The van der Waals surface area contributed by atoms with Gasteiger partial charge in [0.1, 0.15) is 17.2 Å². The molecule has 3 aromatic rings. The van der Waals surface area contributed by atoms with E-state index in [9.17, 15) is 23.9 Å². The molecule has 4 rings (SSSR count). The van der Waals surface area contributed by atoms with E-state index < -0.39 is 16.7 Å². The van der Waals surface area contributed by atoms with Crippen LogP contribution in [0, 0.1) is 5.82 Å². The number of nitrogens with zero attached hydrogens (tertiary/aromatic N) is 2. The highest BCUT2D eigenvalue weighted by Crippen LogP contribution is 2.34. The summed E-state index contributed by atoms with van der Waals surface area (Å²) in [5.41, 5.74) is -1.29. The summed E-state index contributed by atoms with van der Waals surface area (Å²) in [6, 6.07) is 8.13. The van der Waals surface area contributed by atoms with Crippen LogP contribution in [0.5, 0.6) is 5.75 Å². The second-order valence-electron chi connectivity index (χ2n) is 7.58. The zero-order valence-corrected chi connectivity index (χ0v) is 17.9. The van der Waals surface area contributed by atoms with Gasteiger partial charge >= 0.3 is 0 Å². The van der Waals surface area contributed by atoms with Gasteiger partial charge in [0.15, 0.2) is 5.75 Å². The van der Waals surface area contributed by atoms with Gasteiger partial charge < -0.3 is 25.5 Å². The number of para-hydroxylation sites is 1. The number of likely N-dealkylation sites (N-methyl/N-ethyl adjacent to an activating group) is 1. The number of carbonyl (C=O) groups excluding carboxylic acids is 1. The maximum absolute atomic E-state index is 13.3. The molecular formula is C22H20ClFN4O4. The molecule has 8 nitrogen and oxygen atoms in total. The molecule has 3 N–H and O–H groups in total. The van der Waals surface area contributed by atoms with Crippen molar-refractivity contribution in [1.82, 2.24) is 9.80 Å². The fourth-order valence-corrected chi connectivity index (χ4v) is 3.70. The molecule has 0 saturated carbocycles. The molecule has 32 heavy (non-hydrogen) atoms. The zero-order chi connectivity index (χ0) is 23.0. The normalized spacial score (nSPS) is 14.5. The average molecular weight is 459 g/mol. The van der Waals surface area contributed by atoms with E-state index in [-0.39, 0.29) is 45.0 Å². The lowest BCUT2D eigenvalue weighted by atomic mass is 10.1. The number of aromatic hydroxyl groups is 1. The van der Waals surface area contributed by atoms with E-state index in [2.05, 4.69) is 15.5 Å². The third-order valence-corrected chi connectivity index (χ3v) is 5.73. The molecule has 1 amide bonds. The molecule has 10 heteroatoms. The molecule has 0 aromatic heterocycles. The molecule has 0 radical (unpaired) electrons. The minimum absolute atomic E-state index is 0.0339. The van der Waals surface area contributed by atoms with Gasteiger partial charge in [-0.3, -0.25) is 14.4 Å². The van der Waals surface area contributed by atoms with Gasteiger partial charge in [-0.1, -0.05) is 17.7 Å². The van der Waals surface area contributed by atoms with Gasteiger partial charge in [-0.25, -0.2) is 4.39 Å². The Morgan fingerprint density at radius 1 is 1.00 bits per heavy atom. The highest BCUT2D eigenvalue weighted by Gasteiger charge is 2.26. The molecule has 0 unspecified atom stereocenters. The van der Waals surface area contributed by atoms with Gasteiger partial charge in [-0.05, 0) is 37.4 Å². The maximum Gasteiger partial charge on any atom is 0.257 e. The molecule has 1 heterocycles. The first-order valence-electron chi connectivity index (χ1n) is 9.88. The van der Waals surface area contributed by atoms with Crippen LogP contribution in [-0.2, 0) is 0 Å². The second kappa shape index (κ2) is 8.60. The van der Waals surface area contributed by atoms with Gasteiger partial charge in [-0.15, -0.1) is 0 Å². The van der Waals surface area contributed by atoms with E-state index in [4.69, 9.17) is 11.6 Å². The summed E-state index contributed by atoms with van der Waals surface area (Å²) >= 11 is 5.98. The van der Waals surface area contributed by atoms with Crippen LogP contribution < -0.4 is 21.5 Å². The van der Waals surface area contributed by atoms with Crippen LogP contribution in [0.25, 0.3) is 0 Å². The van der Waals surface area contributed by atoms with Crippen molar-refractivity contribution in [3.63, 3.8) is 0 Å². The second-order valence-corrected chi connectivity index (χ2v) is 7.99. The molecule has 0 atom stereocenters. The van der Waals surface area contributed by atoms with Crippen LogP contribution in [-0.4, -0.2) is 54.0 Å². The van der Waals surface area contributed by atoms with Gasteiger partial charge in [0.25, 0.3) is 16.8 Å². The third-order valence-electron chi connectivity index (χ3n) is 5.42. The van der Waals surface area contributed by atoms with Crippen molar-refractivity contribution in [3.8, 4) is 5.75 Å². The first-order valence-corrected chi connectivity index (χ1v) is 10.3. The summed E-state index contributed by atoms with van der Waals surface area (Å²) in [5.74, 6) is -1.19. The summed E-state index contributed by atoms with van der Waals surface area (Å²) in [6.45, 7) is 2.54. The number of carbonyl (C=O) groups is 1. The number of phenols is 1. The largest absolute Gasteiger partial charge is 0.505 e. The Labute approximate surface area is 187 Å². The highest BCUT2D eigenvalue weighted by molar-refractivity contribution is 6.33. The van der Waals surface area contributed by atoms with E-state index in [1.54, 1.807) is 11.0 Å². The molecule has 3 aromatic carbocycles. The molecule has 0 bridgehead atoms. The topological polar surface area (TPSA) is 102 Å². The number of anilines is 4. The fourth-order valence-electron chi connectivity index (χ4n) is 3.49. The van der Waals surface area contributed by atoms with Crippen molar-refractivity contribution in [1.29, 1.82) is 0 Å². The molecule has 1 aliphatic rings. The average Bonchev–Trinajstić information content (AvgIpc) is 2.78. The van der Waals surface area contributed by atoms with E-state index in [0.717, 1.165) is 25.2 Å². The number of piperazine rings is 1. The van der Waals surface area contributed by atoms with Crippen molar-refractivity contribution in [2.75, 3.05) is 43.9 Å². The molecule has 1 aliphatic heterocycles. The van der Waals surface area contributed by atoms with Crippen molar-refractivity contribution >= 4 is 40.3 Å². The highest BCUT2D eigenvalue weighted by atomic mass is 35.5. The number of hydrogen-bond donors (Lipinski definition) is 3. The smallest absolute Gasteiger partial charge is 0.257 e. The molecular weight excluding hydrogens is 439 g/mol. The molecule has 0 aliphatic carbocycles. The maximum atomic E-state index is 13.3. The Kier molecular flexibility index (Phi) is 5.86. The van der Waals surface area contributed by atoms with E-state index in [1.807, 2.05) is 7.05 Å². The monoisotopic (exact) mass is 458 g/mol. The van der Waals surface area contributed by atoms with Gasteiger partial charge in [0.05, 0.1) is 22.0 Å². The van der Waals surface area contributed by atoms with Crippen LogP contribution in [0.1, 0.15) is 10.4 Å². The predicted octanol–water partition coefficient (Wildman–Crippen LogP) is 2.66. The molecule has 0 spiro atoms. The van der Waals surface area contributed by atoms with E-state index in [0.29, 0.717) is 13.1 Å². The Morgan fingerprint density at radius 3 is 2.25 bits per heavy atom. The number of amides is 1. The van der Waals surface area contributed by atoms with Crippen molar-refractivity contribution in [3.05, 3.63) is 73.2 Å². The summed E-state index contributed by atoms with van der Waals surface area (Å²) < 4.78 is 13.3. The van der Waals surface area contributed by atoms with Gasteiger partial charge in [0, 0.05) is 26.2 Å². The molecule has 166 valence electrons. The Balaban J connectivity index is 1.59. The quantitative estimate of drug-likeness (QED) is 0.399. The van der Waals surface area contributed by atoms with Crippen molar-refractivity contribution in [2.45, 2.75) is 0 Å². The van der Waals surface area contributed by atoms with Crippen LogP contribution in [0.4, 0.5) is 27.1 Å². The summed E-state index contributed by atoms with van der Waals surface area (Å²) in [6.07, 6.45) is 0.